The largest absolute Gasteiger partial charge is 0.496 e. The lowest BCUT2D eigenvalue weighted by Gasteiger charge is -2.26. The van der Waals surface area contributed by atoms with E-state index in [0.29, 0.717) is 6.54 Å². The number of methoxy groups -OCH3 is 1. The van der Waals surface area contributed by atoms with Gasteiger partial charge >= 0.3 is 0 Å². The maximum atomic E-state index is 12.3. The number of aryl methyl sites for hydroxylation is 2. The smallest absolute Gasteiger partial charge is 0.258 e. The highest BCUT2D eigenvalue weighted by molar-refractivity contribution is 5.77. The van der Waals surface area contributed by atoms with Crippen molar-refractivity contribution in [3.05, 3.63) is 59.2 Å². The molecule has 0 radical (unpaired) electrons. The summed E-state index contributed by atoms with van der Waals surface area (Å²) in [4.78, 5) is 14.3. The van der Waals surface area contributed by atoms with Gasteiger partial charge in [0.25, 0.3) is 5.91 Å². The molecule has 0 aliphatic carbocycles. The van der Waals surface area contributed by atoms with E-state index in [-0.39, 0.29) is 18.6 Å². The summed E-state index contributed by atoms with van der Waals surface area (Å²) < 4.78 is 11.2. The predicted molar refractivity (Wildman–Crippen MR) is 104 cm³/mol. The molecule has 0 aliphatic heterocycles. The zero-order valence-electron chi connectivity index (χ0n) is 16.2. The van der Waals surface area contributed by atoms with Gasteiger partial charge in [-0.25, -0.2) is 0 Å². The van der Waals surface area contributed by atoms with E-state index < -0.39 is 0 Å². The maximum absolute atomic E-state index is 12.3. The second-order valence-electron chi connectivity index (χ2n) is 6.54. The standard InChI is InChI=1S/C21H28N2O3/c1-15-9-8-10-16(2)21(15)26-14-20(24)22-13-18(23(3)4)17-11-6-7-12-19(17)25-5/h6-12,18H,13-14H2,1-5H3,(H,22,24). The third-order valence-electron chi connectivity index (χ3n) is 4.37. The van der Waals surface area contributed by atoms with E-state index in [4.69, 9.17) is 9.47 Å². The molecule has 1 atom stereocenters. The van der Waals surface area contributed by atoms with Crippen LogP contribution in [0.15, 0.2) is 42.5 Å². The summed E-state index contributed by atoms with van der Waals surface area (Å²) in [5, 5.41) is 2.96. The molecule has 0 spiro atoms. The van der Waals surface area contributed by atoms with Crippen molar-refractivity contribution in [1.82, 2.24) is 10.2 Å². The van der Waals surface area contributed by atoms with Crippen LogP contribution < -0.4 is 14.8 Å². The zero-order chi connectivity index (χ0) is 19.1. The average Bonchev–Trinajstić information content (AvgIpc) is 2.61. The SMILES string of the molecule is COc1ccccc1C(CNC(=O)COc1c(C)cccc1C)N(C)C. The molecule has 5 nitrogen and oxygen atoms in total. The summed E-state index contributed by atoms with van der Waals surface area (Å²) in [6.45, 7) is 4.42. The fourth-order valence-electron chi connectivity index (χ4n) is 2.94. The van der Waals surface area contributed by atoms with Crippen LogP contribution in [0.4, 0.5) is 0 Å². The number of rotatable bonds is 8. The van der Waals surface area contributed by atoms with Gasteiger partial charge in [0.15, 0.2) is 6.61 Å². The topological polar surface area (TPSA) is 50.8 Å². The number of carbonyl (C=O) groups is 1. The predicted octanol–water partition coefficient (Wildman–Crippen LogP) is 3.11. The Labute approximate surface area is 155 Å². The quantitative estimate of drug-likeness (QED) is 0.790. The fourth-order valence-corrected chi connectivity index (χ4v) is 2.94. The van der Waals surface area contributed by atoms with E-state index in [1.54, 1.807) is 7.11 Å². The normalized spacial score (nSPS) is 11.9. The lowest BCUT2D eigenvalue weighted by atomic mass is 10.0. The minimum Gasteiger partial charge on any atom is -0.496 e. The van der Waals surface area contributed by atoms with Gasteiger partial charge in [0, 0.05) is 12.1 Å². The molecule has 0 fully saturated rings. The number of carbonyl (C=O) groups excluding carboxylic acids is 1. The Kier molecular flexibility index (Phi) is 7.04. The number of likely N-dealkylation sites (N-methyl/N-ethyl adjacent to an activating group) is 1. The summed E-state index contributed by atoms with van der Waals surface area (Å²) in [5.74, 6) is 1.44. The Morgan fingerprint density at radius 1 is 1.08 bits per heavy atom. The third-order valence-corrected chi connectivity index (χ3v) is 4.37. The third kappa shape index (κ3) is 4.99. The molecule has 0 aromatic heterocycles. The van der Waals surface area contributed by atoms with E-state index in [0.717, 1.165) is 28.2 Å². The molecule has 26 heavy (non-hydrogen) atoms. The Morgan fingerprint density at radius 2 is 1.73 bits per heavy atom. The van der Waals surface area contributed by atoms with Gasteiger partial charge in [-0.3, -0.25) is 4.79 Å². The molecule has 0 bridgehead atoms. The highest BCUT2D eigenvalue weighted by atomic mass is 16.5. The highest BCUT2D eigenvalue weighted by Gasteiger charge is 2.19. The maximum Gasteiger partial charge on any atom is 0.258 e. The van der Waals surface area contributed by atoms with Crippen molar-refractivity contribution in [2.45, 2.75) is 19.9 Å². The number of hydrogen-bond acceptors (Lipinski definition) is 4. The molecule has 2 aromatic rings. The van der Waals surface area contributed by atoms with E-state index in [9.17, 15) is 4.79 Å². The van der Waals surface area contributed by atoms with Crippen molar-refractivity contribution in [2.24, 2.45) is 0 Å². The molecule has 140 valence electrons. The van der Waals surface area contributed by atoms with E-state index in [1.807, 2.05) is 70.4 Å². The minimum absolute atomic E-state index is 0.00222. The number of benzene rings is 2. The van der Waals surface area contributed by atoms with Gasteiger partial charge in [-0.05, 0) is 45.1 Å². The van der Waals surface area contributed by atoms with Gasteiger partial charge in [0.2, 0.25) is 0 Å². The number of hydrogen-bond donors (Lipinski definition) is 1. The molecule has 0 aliphatic rings. The first-order chi connectivity index (χ1) is 12.4. The minimum atomic E-state index is -0.144. The highest BCUT2D eigenvalue weighted by Crippen LogP contribution is 2.27. The van der Waals surface area contributed by atoms with Crippen LogP contribution in [0, 0.1) is 13.8 Å². The molecule has 1 N–H and O–H groups in total. The molecule has 0 heterocycles. The molecular formula is C21H28N2O3. The monoisotopic (exact) mass is 356 g/mol. The number of nitrogens with zero attached hydrogens (tertiary/aromatic N) is 1. The van der Waals surface area contributed by atoms with Crippen molar-refractivity contribution >= 4 is 5.91 Å². The number of nitrogens with one attached hydrogen (secondary N) is 1. The van der Waals surface area contributed by atoms with E-state index in [2.05, 4.69) is 10.2 Å². The van der Waals surface area contributed by atoms with Crippen LogP contribution in [0.3, 0.4) is 0 Å². The summed E-state index contributed by atoms with van der Waals surface area (Å²) in [6, 6.07) is 13.8. The van der Waals surface area contributed by atoms with Crippen LogP contribution in [0.1, 0.15) is 22.7 Å². The van der Waals surface area contributed by atoms with Crippen molar-refractivity contribution in [3.8, 4) is 11.5 Å². The second kappa shape index (κ2) is 9.25. The first-order valence-electron chi connectivity index (χ1n) is 8.69. The molecular weight excluding hydrogens is 328 g/mol. The van der Waals surface area contributed by atoms with Crippen LogP contribution in [-0.2, 0) is 4.79 Å². The van der Waals surface area contributed by atoms with Crippen LogP contribution in [0.5, 0.6) is 11.5 Å². The van der Waals surface area contributed by atoms with Crippen molar-refractivity contribution in [1.29, 1.82) is 0 Å². The molecule has 5 heteroatoms. The first-order valence-corrected chi connectivity index (χ1v) is 8.69. The van der Waals surface area contributed by atoms with Gasteiger partial charge in [0.1, 0.15) is 11.5 Å². The van der Waals surface area contributed by atoms with Crippen LogP contribution in [0.2, 0.25) is 0 Å². The number of para-hydroxylation sites is 2. The summed E-state index contributed by atoms with van der Waals surface area (Å²) in [7, 11) is 5.62. The van der Waals surface area contributed by atoms with Gasteiger partial charge in [0.05, 0.1) is 13.2 Å². The summed E-state index contributed by atoms with van der Waals surface area (Å²) in [6.07, 6.45) is 0. The van der Waals surface area contributed by atoms with Crippen molar-refractivity contribution < 1.29 is 14.3 Å². The molecule has 0 saturated carbocycles. The Bertz CT molecular complexity index is 724. The van der Waals surface area contributed by atoms with Crippen molar-refractivity contribution in [3.63, 3.8) is 0 Å². The van der Waals surface area contributed by atoms with Gasteiger partial charge in [-0.15, -0.1) is 0 Å². The molecule has 1 amide bonds. The van der Waals surface area contributed by atoms with E-state index >= 15 is 0 Å². The van der Waals surface area contributed by atoms with Crippen molar-refractivity contribution in [2.75, 3.05) is 34.4 Å². The first kappa shape index (κ1) is 19.8. The molecule has 0 saturated heterocycles. The Balaban J connectivity index is 1.98. The Hall–Kier alpha value is -2.53. The van der Waals surface area contributed by atoms with Gasteiger partial charge in [-0.2, -0.15) is 0 Å². The zero-order valence-corrected chi connectivity index (χ0v) is 16.2. The van der Waals surface area contributed by atoms with Crippen LogP contribution in [-0.4, -0.2) is 45.2 Å². The van der Waals surface area contributed by atoms with Gasteiger partial charge < -0.3 is 19.7 Å². The number of ether oxygens (including phenoxy) is 2. The molecule has 2 rings (SSSR count). The van der Waals surface area contributed by atoms with E-state index in [1.165, 1.54) is 0 Å². The number of amides is 1. The van der Waals surface area contributed by atoms with Crippen LogP contribution >= 0.6 is 0 Å². The average molecular weight is 356 g/mol. The fraction of sp³-hybridized carbons (Fsp3) is 0.381. The van der Waals surface area contributed by atoms with Crippen LogP contribution in [0.25, 0.3) is 0 Å². The Morgan fingerprint density at radius 3 is 2.35 bits per heavy atom. The summed E-state index contributed by atoms with van der Waals surface area (Å²) in [5.41, 5.74) is 3.09. The molecule has 1 unspecified atom stereocenters. The van der Waals surface area contributed by atoms with Gasteiger partial charge in [-0.1, -0.05) is 36.4 Å². The lowest BCUT2D eigenvalue weighted by Crippen LogP contribution is -2.37. The summed E-state index contributed by atoms with van der Waals surface area (Å²) >= 11 is 0. The lowest BCUT2D eigenvalue weighted by molar-refractivity contribution is -0.123. The molecule has 2 aromatic carbocycles. The second-order valence-corrected chi connectivity index (χ2v) is 6.54.